The minimum atomic E-state index is 0.0215. The summed E-state index contributed by atoms with van der Waals surface area (Å²) in [6.07, 6.45) is 0. The van der Waals surface area contributed by atoms with E-state index in [1.165, 1.54) is 0 Å². The number of hydrogen-bond acceptors (Lipinski definition) is 5. The highest BCUT2D eigenvalue weighted by atomic mass is 16.3. The van der Waals surface area contributed by atoms with Gasteiger partial charge in [0.05, 0.1) is 13.2 Å². The molecule has 0 saturated heterocycles. The molecule has 5 nitrogen and oxygen atoms in total. The number of anilines is 1. The Morgan fingerprint density at radius 1 is 1.07 bits per heavy atom. The molecule has 1 rings (SSSR count). The largest absolute Gasteiger partial charge is 0.395 e. The van der Waals surface area contributed by atoms with E-state index in [1.807, 2.05) is 4.90 Å². The normalized spacial score (nSPS) is 10.0. The highest BCUT2D eigenvalue weighted by Gasteiger charge is 2.04. The van der Waals surface area contributed by atoms with E-state index in [9.17, 15) is 4.91 Å². The third-order valence-corrected chi connectivity index (χ3v) is 2.06. The summed E-state index contributed by atoms with van der Waals surface area (Å²) in [5.74, 6) is 0. The summed E-state index contributed by atoms with van der Waals surface area (Å²) in [5.41, 5.74) is 1.22. The van der Waals surface area contributed by atoms with E-state index < -0.39 is 0 Å². The molecular weight excluding hydrogens is 196 g/mol. The second kappa shape index (κ2) is 6.10. The second-order valence-corrected chi connectivity index (χ2v) is 3.04. The summed E-state index contributed by atoms with van der Waals surface area (Å²) in [7, 11) is 0. The van der Waals surface area contributed by atoms with Crippen molar-refractivity contribution in [3.8, 4) is 0 Å². The summed E-state index contributed by atoms with van der Waals surface area (Å²) in [5, 5.41) is 20.5. The van der Waals surface area contributed by atoms with Gasteiger partial charge in [-0.15, -0.1) is 4.91 Å². The maximum atomic E-state index is 10.2. The van der Waals surface area contributed by atoms with E-state index in [1.54, 1.807) is 24.3 Å². The molecule has 0 radical (unpaired) electrons. The quantitative estimate of drug-likeness (QED) is 0.683. The van der Waals surface area contributed by atoms with Gasteiger partial charge in [0.25, 0.3) is 0 Å². The third-order valence-electron chi connectivity index (χ3n) is 2.06. The predicted molar refractivity (Wildman–Crippen MR) is 58.3 cm³/mol. The van der Waals surface area contributed by atoms with Crippen LogP contribution >= 0.6 is 0 Å². The minimum Gasteiger partial charge on any atom is -0.395 e. The number of nitrogens with zero attached hydrogens (tertiary/aromatic N) is 2. The van der Waals surface area contributed by atoms with Gasteiger partial charge in [0, 0.05) is 18.8 Å². The lowest BCUT2D eigenvalue weighted by atomic mass is 10.2. The molecule has 0 aromatic heterocycles. The van der Waals surface area contributed by atoms with Crippen LogP contribution < -0.4 is 4.90 Å². The van der Waals surface area contributed by atoms with Crippen LogP contribution in [0.2, 0.25) is 0 Å². The van der Waals surface area contributed by atoms with Crippen LogP contribution in [0.1, 0.15) is 0 Å². The fourth-order valence-electron chi connectivity index (χ4n) is 1.34. The van der Waals surface area contributed by atoms with Gasteiger partial charge in [0.2, 0.25) is 0 Å². The smallest absolute Gasteiger partial charge is 0.108 e. The van der Waals surface area contributed by atoms with Crippen LogP contribution in [0.25, 0.3) is 0 Å². The average molecular weight is 210 g/mol. The standard InChI is InChI=1S/C10H14N2O3/c13-7-5-12(6-8-14)10-3-1-9(11-15)2-4-10/h1-4,13-14H,5-8H2. The number of nitroso groups, excluding NO2 is 1. The fourth-order valence-corrected chi connectivity index (χ4v) is 1.34. The van der Waals surface area contributed by atoms with Crippen LogP contribution in [0.15, 0.2) is 29.4 Å². The molecule has 0 atom stereocenters. The Morgan fingerprint density at radius 2 is 1.60 bits per heavy atom. The van der Waals surface area contributed by atoms with Crippen LogP contribution in [0, 0.1) is 4.91 Å². The number of rotatable bonds is 6. The number of benzene rings is 1. The van der Waals surface area contributed by atoms with Crippen molar-refractivity contribution in [2.24, 2.45) is 5.18 Å². The van der Waals surface area contributed by atoms with Crippen LogP contribution in [-0.2, 0) is 0 Å². The molecule has 15 heavy (non-hydrogen) atoms. The Morgan fingerprint density at radius 3 is 2.00 bits per heavy atom. The topological polar surface area (TPSA) is 73.1 Å². The Balaban J connectivity index is 2.76. The number of hydrogen-bond donors (Lipinski definition) is 2. The molecule has 0 bridgehead atoms. The van der Waals surface area contributed by atoms with Crippen molar-refractivity contribution < 1.29 is 10.2 Å². The monoisotopic (exact) mass is 210 g/mol. The van der Waals surface area contributed by atoms with Crippen LogP contribution in [-0.4, -0.2) is 36.5 Å². The molecule has 0 amide bonds. The van der Waals surface area contributed by atoms with Crippen molar-refractivity contribution in [3.05, 3.63) is 29.2 Å². The van der Waals surface area contributed by atoms with Gasteiger partial charge in [-0.05, 0) is 29.4 Å². The van der Waals surface area contributed by atoms with Crippen molar-refractivity contribution in [1.29, 1.82) is 0 Å². The molecule has 5 heteroatoms. The first-order chi connectivity index (χ1) is 7.31. The number of aliphatic hydroxyl groups excluding tert-OH is 2. The van der Waals surface area contributed by atoms with E-state index >= 15 is 0 Å². The summed E-state index contributed by atoms with van der Waals surface area (Å²) in [4.78, 5) is 12.0. The van der Waals surface area contributed by atoms with Gasteiger partial charge in [-0.25, -0.2) is 0 Å². The minimum absolute atomic E-state index is 0.0215. The Kier molecular flexibility index (Phi) is 4.73. The first-order valence-electron chi connectivity index (χ1n) is 4.72. The summed E-state index contributed by atoms with van der Waals surface area (Å²) in [6.45, 7) is 0.949. The molecule has 0 aliphatic rings. The molecule has 1 aromatic rings. The molecule has 0 aliphatic heterocycles. The summed E-state index contributed by atoms with van der Waals surface area (Å²) >= 11 is 0. The molecular formula is C10H14N2O3. The van der Waals surface area contributed by atoms with Gasteiger partial charge < -0.3 is 15.1 Å². The molecule has 0 heterocycles. The highest BCUT2D eigenvalue weighted by Crippen LogP contribution is 2.19. The lowest BCUT2D eigenvalue weighted by Crippen LogP contribution is -2.29. The van der Waals surface area contributed by atoms with Crippen molar-refractivity contribution >= 4 is 11.4 Å². The maximum absolute atomic E-state index is 10.2. The first kappa shape index (κ1) is 11.6. The molecule has 1 aromatic carbocycles. The molecule has 0 spiro atoms. The van der Waals surface area contributed by atoms with Crippen molar-refractivity contribution in [2.45, 2.75) is 0 Å². The lowest BCUT2D eigenvalue weighted by Gasteiger charge is -2.22. The van der Waals surface area contributed by atoms with E-state index in [0.29, 0.717) is 18.8 Å². The molecule has 2 N–H and O–H groups in total. The van der Waals surface area contributed by atoms with Gasteiger partial charge in [-0.1, -0.05) is 0 Å². The molecule has 82 valence electrons. The van der Waals surface area contributed by atoms with E-state index in [2.05, 4.69) is 5.18 Å². The fraction of sp³-hybridized carbons (Fsp3) is 0.400. The van der Waals surface area contributed by atoms with Crippen molar-refractivity contribution in [3.63, 3.8) is 0 Å². The van der Waals surface area contributed by atoms with Crippen LogP contribution in [0.3, 0.4) is 0 Å². The van der Waals surface area contributed by atoms with E-state index in [0.717, 1.165) is 5.69 Å². The molecule has 0 fully saturated rings. The zero-order valence-corrected chi connectivity index (χ0v) is 8.33. The van der Waals surface area contributed by atoms with Gasteiger partial charge in [-0.2, -0.15) is 0 Å². The van der Waals surface area contributed by atoms with E-state index in [4.69, 9.17) is 10.2 Å². The van der Waals surface area contributed by atoms with Crippen LogP contribution in [0.5, 0.6) is 0 Å². The Bertz CT molecular complexity index is 294. The van der Waals surface area contributed by atoms with Crippen molar-refractivity contribution in [1.82, 2.24) is 0 Å². The molecule has 0 unspecified atom stereocenters. The van der Waals surface area contributed by atoms with Crippen LogP contribution in [0.4, 0.5) is 11.4 Å². The predicted octanol–water partition coefficient (Wildman–Crippen LogP) is 0.875. The summed E-state index contributed by atoms with van der Waals surface area (Å²) in [6, 6.07) is 6.68. The van der Waals surface area contributed by atoms with Crippen molar-refractivity contribution in [2.75, 3.05) is 31.2 Å². The Labute approximate surface area is 87.9 Å². The van der Waals surface area contributed by atoms with Gasteiger partial charge in [0.15, 0.2) is 0 Å². The van der Waals surface area contributed by atoms with Gasteiger partial charge >= 0.3 is 0 Å². The summed E-state index contributed by atoms with van der Waals surface area (Å²) < 4.78 is 0. The van der Waals surface area contributed by atoms with Gasteiger partial charge in [-0.3, -0.25) is 0 Å². The second-order valence-electron chi connectivity index (χ2n) is 3.04. The molecule has 0 aliphatic carbocycles. The average Bonchev–Trinajstić information content (AvgIpc) is 2.29. The first-order valence-corrected chi connectivity index (χ1v) is 4.72. The zero-order chi connectivity index (χ0) is 11.1. The maximum Gasteiger partial charge on any atom is 0.108 e. The zero-order valence-electron chi connectivity index (χ0n) is 8.33. The van der Waals surface area contributed by atoms with E-state index in [-0.39, 0.29) is 13.2 Å². The molecule has 0 saturated carbocycles. The third kappa shape index (κ3) is 3.30. The Hall–Kier alpha value is -1.46. The lowest BCUT2D eigenvalue weighted by molar-refractivity contribution is 0.281. The SMILES string of the molecule is O=Nc1ccc(N(CCO)CCO)cc1. The highest BCUT2D eigenvalue weighted by molar-refractivity contribution is 5.52. The van der Waals surface area contributed by atoms with Gasteiger partial charge in [0.1, 0.15) is 5.69 Å². The number of aliphatic hydroxyl groups is 2.